The summed E-state index contributed by atoms with van der Waals surface area (Å²) in [5, 5.41) is 6.09. The van der Waals surface area contributed by atoms with Crippen LogP contribution in [0.2, 0.25) is 0 Å². The normalized spacial score (nSPS) is 11.3. The van der Waals surface area contributed by atoms with Gasteiger partial charge in [-0.25, -0.2) is 0 Å². The fraction of sp³-hybridized carbons (Fsp3) is 0.222. The number of para-hydroxylation sites is 1. The number of carbonyl (C=O) groups excluding carboxylic acids is 1. The van der Waals surface area contributed by atoms with E-state index in [1.54, 1.807) is 18.2 Å². The second-order valence-corrected chi connectivity index (χ2v) is 5.21. The smallest absolute Gasteiger partial charge is 0.416 e. The molecule has 0 aliphatic rings. The van der Waals surface area contributed by atoms with Gasteiger partial charge in [-0.15, -0.1) is 0 Å². The van der Waals surface area contributed by atoms with Crippen molar-refractivity contribution in [2.24, 2.45) is 5.16 Å². The molecule has 0 atom stereocenters. The van der Waals surface area contributed by atoms with Crippen LogP contribution in [-0.2, 0) is 15.8 Å². The summed E-state index contributed by atoms with van der Waals surface area (Å²) in [4.78, 5) is 16.7. The molecule has 2 aromatic rings. The van der Waals surface area contributed by atoms with Gasteiger partial charge in [0.2, 0.25) is 0 Å². The van der Waals surface area contributed by atoms with Gasteiger partial charge in [-0.2, -0.15) is 13.2 Å². The lowest BCUT2D eigenvalue weighted by Gasteiger charge is -2.09. The fourth-order valence-corrected chi connectivity index (χ4v) is 2.14. The quantitative estimate of drug-likeness (QED) is 0.586. The summed E-state index contributed by atoms with van der Waals surface area (Å²) in [7, 11) is 2.98. The number of hydrogen-bond acceptors (Lipinski definition) is 5. The third-order valence-electron chi connectivity index (χ3n) is 3.39. The van der Waals surface area contributed by atoms with Crippen LogP contribution in [0.25, 0.3) is 0 Å². The lowest BCUT2D eigenvalue weighted by atomic mass is 10.2. The van der Waals surface area contributed by atoms with E-state index in [1.165, 1.54) is 20.4 Å². The van der Waals surface area contributed by atoms with E-state index in [0.717, 1.165) is 24.3 Å². The number of benzene rings is 2. The molecule has 0 saturated carbocycles. The minimum Gasteiger partial charge on any atom is -0.493 e. The molecular formula is C18H17F3N2O4. The molecule has 2 aromatic carbocycles. The first kappa shape index (κ1) is 20.1. The number of alkyl halides is 3. The predicted molar refractivity (Wildman–Crippen MR) is 93.2 cm³/mol. The summed E-state index contributed by atoms with van der Waals surface area (Å²) in [6.07, 6.45) is -3.08. The van der Waals surface area contributed by atoms with Gasteiger partial charge in [0.05, 0.1) is 26.0 Å². The zero-order valence-electron chi connectivity index (χ0n) is 14.5. The number of anilines is 1. The molecule has 0 aromatic heterocycles. The number of nitrogens with one attached hydrogen (secondary N) is 1. The van der Waals surface area contributed by atoms with Gasteiger partial charge in [0.1, 0.15) is 0 Å². The average molecular weight is 382 g/mol. The Labute approximate surface area is 153 Å². The minimum absolute atomic E-state index is 0.218. The van der Waals surface area contributed by atoms with Gasteiger partial charge in [-0.05, 0) is 36.4 Å². The summed E-state index contributed by atoms with van der Waals surface area (Å²) in [5.41, 5.74) is 0.00336. The van der Waals surface area contributed by atoms with Crippen LogP contribution < -0.4 is 14.8 Å². The van der Waals surface area contributed by atoms with Gasteiger partial charge in [0, 0.05) is 11.3 Å². The highest BCUT2D eigenvalue weighted by atomic mass is 19.4. The number of amides is 1. The highest BCUT2D eigenvalue weighted by Crippen LogP contribution is 2.30. The third kappa shape index (κ3) is 5.63. The van der Waals surface area contributed by atoms with Crippen LogP contribution in [0, 0.1) is 0 Å². The highest BCUT2D eigenvalue weighted by molar-refractivity contribution is 5.91. The monoisotopic (exact) mass is 382 g/mol. The van der Waals surface area contributed by atoms with Crippen molar-refractivity contribution < 1.29 is 32.3 Å². The van der Waals surface area contributed by atoms with Crippen molar-refractivity contribution in [1.82, 2.24) is 0 Å². The first-order valence-corrected chi connectivity index (χ1v) is 7.68. The number of hydrogen-bond donors (Lipinski definition) is 1. The lowest BCUT2D eigenvalue weighted by Crippen LogP contribution is -2.17. The number of rotatable bonds is 7. The molecule has 1 N–H and O–H groups in total. The molecule has 27 heavy (non-hydrogen) atoms. The summed E-state index contributed by atoms with van der Waals surface area (Å²) in [5.74, 6) is 0.410. The van der Waals surface area contributed by atoms with Gasteiger partial charge >= 0.3 is 6.18 Å². The zero-order valence-corrected chi connectivity index (χ0v) is 14.5. The molecule has 2 rings (SSSR count). The van der Waals surface area contributed by atoms with Crippen LogP contribution in [0.4, 0.5) is 18.9 Å². The molecule has 0 unspecified atom stereocenters. The van der Waals surface area contributed by atoms with E-state index in [0.29, 0.717) is 17.1 Å². The molecule has 0 radical (unpaired) electrons. The van der Waals surface area contributed by atoms with Crippen molar-refractivity contribution in [1.29, 1.82) is 0 Å². The second kappa shape index (κ2) is 8.93. The summed E-state index contributed by atoms with van der Waals surface area (Å²) in [6, 6.07) is 9.24. The SMILES string of the molecule is COc1cccc(/C=N\OCC(=O)Nc2ccc(C(F)(F)F)cc2)c1OC. The Bertz CT molecular complexity index is 805. The number of ether oxygens (including phenoxy) is 2. The zero-order chi connectivity index (χ0) is 19.9. The molecule has 9 heteroatoms. The lowest BCUT2D eigenvalue weighted by molar-refractivity contribution is -0.137. The predicted octanol–water partition coefficient (Wildman–Crippen LogP) is 3.71. The van der Waals surface area contributed by atoms with E-state index in [2.05, 4.69) is 10.5 Å². The Morgan fingerprint density at radius 1 is 1.11 bits per heavy atom. The maximum atomic E-state index is 12.5. The van der Waals surface area contributed by atoms with Crippen LogP contribution in [0.15, 0.2) is 47.6 Å². The number of nitrogens with zero attached hydrogens (tertiary/aromatic N) is 1. The minimum atomic E-state index is -4.43. The van der Waals surface area contributed by atoms with Gasteiger partial charge in [0.25, 0.3) is 5.91 Å². The van der Waals surface area contributed by atoms with Crippen molar-refractivity contribution in [2.45, 2.75) is 6.18 Å². The first-order valence-electron chi connectivity index (χ1n) is 7.68. The van der Waals surface area contributed by atoms with E-state index in [4.69, 9.17) is 14.3 Å². The Morgan fingerprint density at radius 2 is 1.81 bits per heavy atom. The molecule has 0 bridgehead atoms. The second-order valence-electron chi connectivity index (χ2n) is 5.21. The van der Waals surface area contributed by atoms with Gasteiger partial charge in [-0.1, -0.05) is 11.2 Å². The fourth-order valence-electron chi connectivity index (χ4n) is 2.14. The Morgan fingerprint density at radius 3 is 2.41 bits per heavy atom. The molecule has 6 nitrogen and oxygen atoms in total. The van der Waals surface area contributed by atoms with Crippen molar-refractivity contribution in [2.75, 3.05) is 26.1 Å². The van der Waals surface area contributed by atoms with Gasteiger partial charge in [0.15, 0.2) is 18.1 Å². The molecule has 0 heterocycles. The van der Waals surface area contributed by atoms with E-state index < -0.39 is 24.3 Å². The largest absolute Gasteiger partial charge is 0.493 e. The Hall–Kier alpha value is -3.23. The maximum Gasteiger partial charge on any atom is 0.416 e. The number of methoxy groups -OCH3 is 2. The van der Waals surface area contributed by atoms with Crippen LogP contribution in [0.5, 0.6) is 11.5 Å². The maximum absolute atomic E-state index is 12.5. The molecule has 0 spiro atoms. The number of halogens is 3. The summed E-state index contributed by atoms with van der Waals surface area (Å²) in [6.45, 7) is -0.413. The molecule has 1 amide bonds. The number of carbonyl (C=O) groups is 1. The van der Waals surface area contributed by atoms with Gasteiger partial charge < -0.3 is 19.6 Å². The van der Waals surface area contributed by atoms with Crippen molar-refractivity contribution in [3.8, 4) is 11.5 Å². The summed E-state index contributed by atoms with van der Waals surface area (Å²) < 4.78 is 47.9. The third-order valence-corrected chi connectivity index (χ3v) is 3.39. The van der Waals surface area contributed by atoms with Crippen LogP contribution in [0.3, 0.4) is 0 Å². The standard InChI is InChI=1S/C18H17F3N2O4/c1-25-15-5-3-4-12(17(15)26-2)10-22-27-11-16(24)23-14-8-6-13(7-9-14)18(19,20)21/h3-10H,11H2,1-2H3,(H,23,24)/b22-10-. The summed E-state index contributed by atoms with van der Waals surface area (Å²) >= 11 is 0. The molecule has 0 aliphatic carbocycles. The first-order chi connectivity index (χ1) is 12.8. The average Bonchev–Trinajstić information content (AvgIpc) is 2.64. The highest BCUT2D eigenvalue weighted by Gasteiger charge is 2.29. The Balaban J connectivity index is 1.88. The van der Waals surface area contributed by atoms with Crippen molar-refractivity contribution in [3.63, 3.8) is 0 Å². The molecule has 0 saturated heterocycles. The number of oxime groups is 1. The van der Waals surface area contributed by atoms with Crippen LogP contribution in [0.1, 0.15) is 11.1 Å². The van der Waals surface area contributed by atoms with E-state index in [-0.39, 0.29) is 5.69 Å². The van der Waals surface area contributed by atoms with E-state index in [9.17, 15) is 18.0 Å². The van der Waals surface area contributed by atoms with Crippen molar-refractivity contribution >= 4 is 17.8 Å². The van der Waals surface area contributed by atoms with E-state index in [1.807, 2.05) is 0 Å². The van der Waals surface area contributed by atoms with Crippen molar-refractivity contribution in [3.05, 3.63) is 53.6 Å². The molecule has 0 fully saturated rings. The van der Waals surface area contributed by atoms with Crippen LogP contribution in [-0.4, -0.2) is 32.9 Å². The van der Waals surface area contributed by atoms with Gasteiger partial charge in [-0.3, -0.25) is 4.79 Å². The molecule has 0 aliphatic heterocycles. The molecular weight excluding hydrogens is 365 g/mol. The topological polar surface area (TPSA) is 69.2 Å². The molecule has 144 valence electrons. The van der Waals surface area contributed by atoms with E-state index >= 15 is 0 Å². The van der Waals surface area contributed by atoms with Crippen LogP contribution >= 0.6 is 0 Å². The Kier molecular flexibility index (Phi) is 6.64.